The van der Waals surface area contributed by atoms with Crippen molar-refractivity contribution >= 4 is 5.91 Å². The molecule has 1 aliphatic carbocycles. The second-order valence-electron chi connectivity index (χ2n) is 3.85. The standard InChI is InChI=1S/C11H19NO/c1-3-5-9-6-4-7-10(9)8-11(13)12-2/h3,9-10H,1,4-8H2,2H3,(H,12,13)/t9-,10+/m0/s1. The molecular weight excluding hydrogens is 162 g/mol. The fourth-order valence-corrected chi connectivity index (χ4v) is 2.25. The number of rotatable bonds is 4. The van der Waals surface area contributed by atoms with Crippen LogP contribution in [0.15, 0.2) is 12.7 Å². The number of nitrogens with one attached hydrogen (secondary N) is 1. The minimum atomic E-state index is 0.181. The molecule has 0 unspecified atom stereocenters. The molecule has 74 valence electrons. The summed E-state index contributed by atoms with van der Waals surface area (Å²) in [6.07, 6.45) is 7.52. The van der Waals surface area contributed by atoms with Crippen LogP contribution in [0, 0.1) is 11.8 Å². The third-order valence-electron chi connectivity index (χ3n) is 3.01. The second kappa shape index (κ2) is 5.05. The monoisotopic (exact) mass is 181 g/mol. The molecule has 0 bridgehead atoms. The first-order valence-corrected chi connectivity index (χ1v) is 5.09. The highest BCUT2D eigenvalue weighted by Crippen LogP contribution is 2.36. The first-order valence-electron chi connectivity index (χ1n) is 5.09. The van der Waals surface area contributed by atoms with Crippen LogP contribution in [0.3, 0.4) is 0 Å². The molecule has 2 heteroatoms. The van der Waals surface area contributed by atoms with Crippen molar-refractivity contribution < 1.29 is 4.79 Å². The van der Waals surface area contributed by atoms with E-state index in [0.29, 0.717) is 18.3 Å². The Hall–Kier alpha value is -0.790. The molecule has 1 rings (SSSR count). The Morgan fingerprint density at radius 2 is 2.23 bits per heavy atom. The molecule has 1 saturated carbocycles. The van der Waals surface area contributed by atoms with E-state index in [4.69, 9.17) is 0 Å². The van der Waals surface area contributed by atoms with E-state index in [1.807, 2.05) is 6.08 Å². The summed E-state index contributed by atoms with van der Waals surface area (Å²) in [7, 11) is 1.71. The van der Waals surface area contributed by atoms with Gasteiger partial charge in [0.2, 0.25) is 5.91 Å². The van der Waals surface area contributed by atoms with Crippen molar-refractivity contribution in [2.75, 3.05) is 7.05 Å². The summed E-state index contributed by atoms with van der Waals surface area (Å²) < 4.78 is 0. The molecule has 1 aliphatic rings. The van der Waals surface area contributed by atoms with Crippen LogP contribution >= 0.6 is 0 Å². The van der Waals surface area contributed by atoms with E-state index in [-0.39, 0.29) is 5.91 Å². The van der Waals surface area contributed by atoms with E-state index in [0.717, 1.165) is 6.42 Å². The Bertz CT molecular complexity index is 189. The smallest absolute Gasteiger partial charge is 0.220 e. The number of hydrogen-bond donors (Lipinski definition) is 1. The van der Waals surface area contributed by atoms with E-state index >= 15 is 0 Å². The van der Waals surface area contributed by atoms with Gasteiger partial charge in [-0.15, -0.1) is 6.58 Å². The lowest BCUT2D eigenvalue weighted by Gasteiger charge is -2.16. The van der Waals surface area contributed by atoms with Gasteiger partial charge in [-0.05, 0) is 31.1 Å². The van der Waals surface area contributed by atoms with Crippen molar-refractivity contribution in [3.63, 3.8) is 0 Å². The van der Waals surface area contributed by atoms with E-state index in [2.05, 4.69) is 11.9 Å². The first kappa shape index (κ1) is 10.3. The van der Waals surface area contributed by atoms with Gasteiger partial charge in [0.05, 0.1) is 0 Å². The van der Waals surface area contributed by atoms with Gasteiger partial charge in [-0.25, -0.2) is 0 Å². The number of carbonyl (C=O) groups is 1. The lowest BCUT2D eigenvalue weighted by molar-refractivity contribution is -0.121. The van der Waals surface area contributed by atoms with E-state index in [9.17, 15) is 4.79 Å². The number of amides is 1. The molecule has 0 spiro atoms. The molecular formula is C11H19NO. The van der Waals surface area contributed by atoms with Gasteiger partial charge in [-0.2, -0.15) is 0 Å². The van der Waals surface area contributed by atoms with E-state index in [1.54, 1.807) is 7.05 Å². The third-order valence-corrected chi connectivity index (χ3v) is 3.01. The van der Waals surface area contributed by atoms with Crippen molar-refractivity contribution in [3.8, 4) is 0 Å². The summed E-state index contributed by atoms with van der Waals surface area (Å²) >= 11 is 0. The largest absolute Gasteiger partial charge is 0.359 e. The molecule has 0 aromatic carbocycles. The predicted octanol–water partition coefficient (Wildman–Crippen LogP) is 2.11. The number of hydrogen-bond acceptors (Lipinski definition) is 1. The first-order chi connectivity index (χ1) is 6.27. The average molecular weight is 181 g/mol. The lowest BCUT2D eigenvalue weighted by atomic mass is 9.90. The fraction of sp³-hybridized carbons (Fsp3) is 0.727. The van der Waals surface area contributed by atoms with Crippen LogP contribution in [0.5, 0.6) is 0 Å². The molecule has 1 fully saturated rings. The minimum Gasteiger partial charge on any atom is -0.359 e. The molecule has 2 nitrogen and oxygen atoms in total. The highest BCUT2D eigenvalue weighted by atomic mass is 16.1. The summed E-state index contributed by atoms with van der Waals surface area (Å²) in [5.74, 6) is 1.48. The molecule has 1 amide bonds. The maximum absolute atomic E-state index is 11.2. The van der Waals surface area contributed by atoms with E-state index in [1.165, 1.54) is 19.3 Å². The Morgan fingerprint density at radius 3 is 2.85 bits per heavy atom. The summed E-state index contributed by atoms with van der Waals surface area (Å²) in [6.45, 7) is 3.76. The quantitative estimate of drug-likeness (QED) is 0.661. The van der Waals surface area contributed by atoms with Crippen LogP contribution in [0.2, 0.25) is 0 Å². The fourth-order valence-electron chi connectivity index (χ4n) is 2.25. The minimum absolute atomic E-state index is 0.181. The third kappa shape index (κ3) is 2.87. The zero-order valence-electron chi connectivity index (χ0n) is 8.38. The topological polar surface area (TPSA) is 29.1 Å². The molecule has 0 saturated heterocycles. The second-order valence-corrected chi connectivity index (χ2v) is 3.85. The highest BCUT2D eigenvalue weighted by Gasteiger charge is 2.27. The van der Waals surface area contributed by atoms with Crippen LogP contribution in [0.1, 0.15) is 32.1 Å². The SMILES string of the molecule is C=CC[C@H]1CCC[C@@H]1CC(=O)NC. The zero-order chi connectivity index (χ0) is 9.68. The Kier molecular flexibility index (Phi) is 4.00. The molecule has 0 radical (unpaired) electrons. The van der Waals surface area contributed by atoms with Crippen molar-refractivity contribution in [1.82, 2.24) is 5.32 Å². The van der Waals surface area contributed by atoms with Gasteiger partial charge >= 0.3 is 0 Å². The van der Waals surface area contributed by atoms with Crippen LogP contribution in [0.4, 0.5) is 0 Å². The highest BCUT2D eigenvalue weighted by molar-refractivity contribution is 5.75. The molecule has 0 heterocycles. The molecule has 2 atom stereocenters. The summed E-state index contributed by atoms with van der Waals surface area (Å²) in [5.41, 5.74) is 0. The van der Waals surface area contributed by atoms with Crippen LogP contribution in [-0.2, 0) is 4.79 Å². The van der Waals surface area contributed by atoms with Crippen LogP contribution < -0.4 is 5.32 Å². The van der Waals surface area contributed by atoms with Gasteiger partial charge in [0.25, 0.3) is 0 Å². The summed E-state index contributed by atoms with van der Waals surface area (Å²) in [6, 6.07) is 0. The van der Waals surface area contributed by atoms with Gasteiger partial charge in [0.15, 0.2) is 0 Å². The molecule has 0 aliphatic heterocycles. The molecule has 0 aromatic rings. The predicted molar refractivity (Wildman–Crippen MR) is 54.3 cm³/mol. The zero-order valence-corrected chi connectivity index (χ0v) is 8.38. The summed E-state index contributed by atoms with van der Waals surface area (Å²) in [4.78, 5) is 11.2. The van der Waals surface area contributed by atoms with Crippen LogP contribution in [0.25, 0.3) is 0 Å². The van der Waals surface area contributed by atoms with Crippen LogP contribution in [-0.4, -0.2) is 13.0 Å². The Labute approximate surface area is 80.4 Å². The van der Waals surface area contributed by atoms with Gasteiger partial charge < -0.3 is 5.32 Å². The molecule has 1 N–H and O–H groups in total. The molecule has 0 aromatic heterocycles. The van der Waals surface area contributed by atoms with Gasteiger partial charge in [-0.3, -0.25) is 4.79 Å². The van der Waals surface area contributed by atoms with Crippen molar-refractivity contribution in [1.29, 1.82) is 0 Å². The maximum Gasteiger partial charge on any atom is 0.220 e. The van der Waals surface area contributed by atoms with Crippen molar-refractivity contribution in [3.05, 3.63) is 12.7 Å². The van der Waals surface area contributed by atoms with Gasteiger partial charge in [0, 0.05) is 13.5 Å². The number of allylic oxidation sites excluding steroid dienone is 1. The van der Waals surface area contributed by atoms with Gasteiger partial charge in [-0.1, -0.05) is 12.5 Å². The molecule has 13 heavy (non-hydrogen) atoms. The van der Waals surface area contributed by atoms with Crippen molar-refractivity contribution in [2.45, 2.75) is 32.1 Å². The summed E-state index contributed by atoms with van der Waals surface area (Å²) in [5, 5.41) is 2.69. The number of carbonyl (C=O) groups excluding carboxylic acids is 1. The van der Waals surface area contributed by atoms with Crippen molar-refractivity contribution in [2.24, 2.45) is 11.8 Å². The Balaban J connectivity index is 2.38. The van der Waals surface area contributed by atoms with E-state index < -0.39 is 0 Å². The lowest BCUT2D eigenvalue weighted by Crippen LogP contribution is -2.22. The normalized spacial score (nSPS) is 27.2. The Morgan fingerprint density at radius 1 is 1.54 bits per heavy atom. The van der Waals surface area contributed by atoms with Gasteiger partial charge in [0.1, 0.15) is 0 Å². The maximum atomic E-state index is 11.2. The average Bonchev–Trinajstić information content (AvgIpc) is 2.54.